The van der Waals surface area contributed by atoms with E-state index in [-0.39, 0.29) is 10.6 Å². The van der Waals surface area contributed by atoms with Crippen molar-refractivity contribution in [2.24, 2.45) is 0 Å². The maximum Gasteiger partial charge on any atom is 0.274 e. The minimum atomic E-state index is -0.813. The van der Waals surface area contributed by atoms with E-state index in [4.69, 9.17) is 21.1 Å². The molecular weight excluding hydrogens is 470 g/mol. The summed E-state index contributed by atoms with van der Waals surface area (Å²) in [5.41, 5.74) is 0.811. The molecule has 2 aromatic carbocycles. The van der Waals surface area contributed by atoms with Crippen LogP contribution in [0.4, 0.5) is 5.69 Å². The van der Waals surface area contributed by atoms with Crippen LogP contribution in [0, 0.1) is 10.1 Å². The van der Waals surface area contributed by atoms with Gasteiger partial charge in [-0.15, -0.1) is 0 Å². The van der Waals surface area contributed by atoms with Crippen molar-refractivity contribution in [2.45, 2.75) is 69.9 Å². The number of halogens is 2. The number of hydrogen-bond donors (Lipinski definition) is 0. The minimum Gasteiger partial charge on any atom is -0.342 e. The summed E-state index contributed by atoms with van der Waals surface area (Å²) in [7, 11) is 0. The van der Waals surface area contributed by atoms with E-state index in [1.165, 1.54) is 0 Å². The first-order valence-corrected chi connectivity index (χ1v) is 11.2. The van der Waals surface area contributed by atoms with Crippen LogP contribution < -0.4 is 0 Å². The van der Waals surface area contributed by atoms with Crippen LogP contribution >= 0.6 is 27.5 Å². The van der Waals surface area contributed by atoms with Gasteiger partial charge in [-0.2, -0.15) is 0 Å². The van der Waals surface area contributed by atoms with Gasteiger partial charge < -0.3 is 9.47 Å². The molecule has 1 atom stereocenters. The largest absolute Gasteiger partial charge is 0.342 e. The van der Waals surface area contributed by atoms with Crippen LogP contribution in [0.1, 0.15) is 57.2 Å². The number of hydrogen-bond acceptors (Lipinski definition) is 4. The third-order valence-corrected chi connectivity index (χ3v) is 7.59. The number of nitro groups is 1. The van der Waals surface area contributed by atoms with Gasteiger partial charge in [0, 0.05) is 21.1 Å². The second-order valence-corrected chi connectivity index (χ2v) is 10.5. The molecule has 1 aliphatic heterocycles. The summed E-state index contributed by atoms with van der Waals surface area (Å²) in [4.78, 5) is 11.8. The van der Waals surface area contributed by atoms with E-state index in [0.29, 0.717) is 21.5 Å². The summed E-state index contributed by atoms with van der Waals surface area (Å²) >= 11 is 9.67. The molecule has 0 saturated carbocycles. The second-order valence-electron chi connectivity index (χ2n) is 9.13. The molecule has 0 amide bonds. The van der Waals surface area contributed by atoms with Gasteiger partial charge in [-0.3, -0.25) is 10.1 Å². The molecule has 4 rings (SSSR count). The van der Waals surface area contributed by atoms with E-state index in [1.54, 1.807) is 6.07 Å². The van der Waals surface area contributed by atoms with Crippen molar-refractivity contribution in [2.75, 3.05) is 0 Å². The number of aryl methyl sites for hydroxylation is 1. The van der Waals surface area contributed by atoms with Crippen LogP contribution in [0.3, 0.4) is 0 Å². The van der Waals surface area contributed by atoms with Gasteiger partial charge in [0.15, 0.2) is 6.29 Å². The number of benzene rings is 2. The molecule has 30 heavy (non-hydrogen) atoms. The molecule has 1 aliphatic carbocycles. The zero-order valence-corrected chi connectivity index (χ0v) is 19.8. The number of nitrogens with zero attached hydrogens (tertiary/aromatic N) is 1. The van der Waals surface area contributed by atoms with Gasteiger partial charge in [-0.1, -0.05) is 33.6 Å². The average molecular weight is 495 g/mol. The van der Waals surface area contributed by atoms with Gasteiger partial charge in [0.1, 0.15) is 0 Å². The Kier molecular flexibility index (Phi) is 5.29. The number of rotatable bonds is 3. The zero-order valence-electron chi connectivity index (χ0n) is 17.5. The Morgan fingerprint density at radius 1 is 1.07 bits per heavy atom. The van der Waals surface area contributed by atoms with Crippen molar-refractivity contribution >= 4 is 33.2 Å². The highest BCUT2D eigenvalue weighted by molar-refractivity contribution is 9.10. The lowest BCUT2D eigenvalue weighted by Gasteiger charge is -2.43. The lowest BCUT2D eigenvalue weighted by atomic mass is 9.65. The molecular formula is C23H25BrClNO4. The molecule has 1 heterocycles. The third kappa shape index (κ3) is 3.29. The molecule has 2 aliphatic rings. The van der Waals surface area contributed by atoms with E-state index in [9.17, 15) is 10.1 Å². The van der Waals surface area contributed by atoms with Gasteiger partial charge in [0.05, 0.1) is 21.5 Å². The molecule has 0 spiro atoms. The molecule has 0 bridgehead atoms. The monoisotopic (exact) mass is 493 g/mol. The molecule has 1 fully saturated rings. The molecule has 5 nitrogen and oxygen atoms in total. The predicted molar refractivity (Wildman–Crippen MR) is 120 cm³/mol. The van der Waals surface area contributed by atoms with Crippen molar-refractivity contribution in [1.82, 2.24) is 0 Å². The lowest BCUT2D eigenvalue weighted by molar-refractivity contribution is -0.386. The predicted octanol–water partition coefficient (Wildman–Crippen LogP) is 6.56. The summed E-state index contributed by atoms with van der Waals surface area (Å²) in [5.74, 6) is 0. The van der Waals surface area contributed by atoms with E-state index in [2.05, 4.69) is 15.9 Å². The number of ether oxygens (including phenoxy) is 2. The third-order valence-electron chi connectivity index (χ3n) is 6.86. The standard InChI is InChI=1S/C23H25BrClNO4/c1-21(2)22(3,4)30-20(29-21)23(18-9-7-15(24)13-19(18)26(27)28)11-5-6-14-12-16(25)8-10-17(14)23/h7-10,12-13,20H,5-6,11H2,1-4H3/t23-/m1/s1. The maximum atomic E-state index is 12.1. The summed E-state index contributed by atoms with van der Waals surface area (Å²) in [5, 5.41) is 12.7. The molecule has 0 radical (unpaired) electrons. The fraction of sp³-hybridized carbons (Fsp3) is 0.478. The topological polar surface area (TPSA) is 61.6 Å². The van der Waals surface area contributed by atoms with Crippen LogP contribution in [0.15, 0.2) is 40.9 Å². The summed E-state index contributed by atoms with van der Waals surface area (Å²) in [6.07, 6.45) is 1.73. The Labute approximate surface area is 190 Å². The normalized spacial score (nSPS) is 25.1. The van der Waals surface area contributed by atoms with Crippen molar-refractivity contribution in [3.63, 3.8) is 0 Å². The zero-order chi connectivity index (χ0) is 21.9. The van der Waals surface area contributed by atoms with Gasteiger partial charge in [-0.05, 0) is 82.3 Å². The fourth-order valence-corrected chi connectivity index (χ4v) is 5.17. The summed E-state index contributed by atoms with van der Waals surface area (Å²) in [6.45, 7) is 8.01. The molecule has 160 valence electrons. The number of nitro benzene ring substituents is 1. The van der Waals surface area contributed by atoms with Crippen LogP contribution in [-0.2, 0) is 21.3 Å². The first-order chi connectivity index (χ1) is 14.0. The van der Waals surface area contributed by atoms with E-state index in [1.807, 2.05) is 58.0 Å². The van der Waals surface area contributed by atoms with Gasteiger partial charge in [0.2, 0.25) is 0 Å². The van der Waals surface area contributed by atoms with Crippen LogP contribution in [0.25, 0.3) is 0 Å². The summed E-state index contributed by atoms with van der Waals surface area (Å²) < 4.78 is 13.7. The minimum absolute atomic E-state index is 0.0573. The van der Waals surface area contributed by atoms with E-state index < -0.39 is 22.9 Å². The van der Waals surface area contributed by atoms with Crippen LogP contribution in [0.5, 0.6) is 0 Å². The Hall–Kier alpha value is -1.47. The van der Waals surface area contributed by atoms with Gasteiger partial charge >= 0.3 is 0 Å². The van der Waals surface area contributed by atoms with Crippen molar-refractivity contribution in [3.8, 4) is 0 Å². The Morgan fingerprint density at radius 3 is 2.33 bits per heavy atom. The Bertz CT molecular complexity index is 1010. The van der Waals surface area contributed by atoms with Gasteiger partial charge in [-0.25, -0.2) is 0 Å². The van der Waals surface area contributed by atoms with Gasteiger partial charge in [0.25, 0.3) is 5.69 Å². The van der Waals surface area contributed by atoms with Crippen molar-refractivity contribution in [3.05, 3.63) is 72.7 Å². The smallest absolute Gasteiger partial charge is 0.274 e. The van der Waals surface area contributed by atoms with Crippen LogP contribution in [-0.4, -0.2) is 22.4 Å². The lowest BCUT2D eigenvalue weighted by Crippen LogP contribution is -2.45. The highest BCUT2D eigenvalue weighted by atomic mass is 79.9. The first kappa shape index (κ1) is 21.8. The molecule has 1 saturated heterocycles. The molecule has 0 N–H and O–H groups in total. The molecule has 0 unspecified atom stereocenters. The van der Waals surface area contributed by atoms with E-state index in [0.717, 1.165) is 24.0 Å². The SMILES string of the molecule is CC1(C)OC([C@]2(c3ccc(Br)cc3[N+](=O)[O-])CCCc3cc(Cl)ccc32)OC1(C)C. The van der Waals surface area contributed by atoms with Crippen LogP contribution in [0.2, 0.25) is 5.02 Å². The molecule has 7 heteroatoms. The molecule has 2 aromatic rings. The van der Waals surface area contributed by atoms with Crippen molar-refractivity contribution < 1.29 is 14.4 Å². The van der Waals surface area contributed by atoms with E-state index >= 15 is 0 Å². The average Bonchev–Trinajstić information content (AvgIpc) is 2.88. The number of fused-ring (bicyclic) bond motifs is 1. The first-order valence-electron chi connectivity index (χ1n) is 10.1. The fourth-order valence-electron chi connectivity index (χ4n) is 4.63. The highest BCUT2D eigenvalue weighted by Gasteiger charge is 2.59. The summed E-state index contributed by atoms with van der Waals surface area (Å²) in [6, 6.07) is 11.0. The Morgan fingerprint density at radius 2 is 1.70 bits per heavy atom. The second kappa shape index (κ2) is 7.30. The maximum absolute atomic E-state index is 12.1. The highest BCUT2D eigenvalue weighted by Crippen LogP contribution is 2.55. The Balaban J connectivity index is 2.02. The molecule has 0 aromatic heterocycles. The van der Waals surface area contributed by atoms with Crippen molar-refractivity contribution in [1.29, 1.82) is 0 Å². The quantitative estimate of drug-likeness (QED) is 0.358.